The highest BCUT2D eigenvalue weighted by Gasteiger charge is 2.37. The van der Waals surface area contributed by atoms with Gasteiger partial charge in [-0.15, -0.1) is 0 Å². The Morgan fingerprint density at radius 2 is 1.92 bits per heavy atom. The van der Waals surface area contributed by atoms with Crippen LogP contribution in [-0.2, 0) is 9.53 Å². The van der Waals surface area contributed by atoms with E-state index in [1.807, 2.05) is 43.3 Å². The predicted octanol–water partition coefficient (Wildman–Crippen LogP) is 6.84. The number of thioether (sulfide) groups is 1. The van der Waals surface area contributed by atoms with Gasteiger partial charge in [-0.2, -0.15) is 0 Å². The van der Waals surface area contributed by atoms with Crippen molar-refractivity contribution in [3.05, 3.63) is 58.5 Å². The number of aliphatic imine (C=N–C) groups is 1. The number of ether oxygens (including phenoxy) is 2. The molecule has 0 aromatic heterocycles. The van der Waals surface area contributed by atoms with Crippen LogP contribution in [0, 0.1) is 0 Å². The Bertz CT molecular complexity index is 1180. The number of methoxy groups -OCH3 is 1. The summed E-state index contributed by atoms with van der Waals surface area (Å²) in [6.07, 6.45) is 4.12. The fraction of sp³-hybridized carbons (Fsp3) is 0.467. The van der Waals surface area contributed by atoms with Crippen molar-refractivity contribution < 1.29 is 14.3 Å². The van der Waals surface area contributed by atoms with Crippen LogP contribution in [-0.4, -0.2) is 54.9 Å². The number of amidine groups is 1. The minimum Gasteiger partial charge on any atom is -0.496 e. The number of hydrogen-bond donors (Lipinski definition) is 0. The largest absolute Gasteiger partial charge is 0.496 e. The molecule has 0 saturated carbocycles. The maximum Gasteiger partial charge on any atom is 0.266 e. The van der Waals surface area contributed by atoms with Crippen molar-refractivity contribution in [2.45, 2.75) is 58.9 Å². The number of carbonyl (C=O) groups excluding carboxylic acids is 1. The van der Waals surface area contributed by atoms with Crippen LogP contribution in [0.4, 0.5) is 11.4 Å². The molecular weight excluding hydrogens is 482 g/mol. The number of anilines is 1. The molecular formula is C30H39N3O3S. The summed E-state index contributed by atoms with van der Waals surface area (Å²) in [5, 5.41) is 0.670. The summed E-state index contributed by atoms with van der Waals surface area (Å²) in [5.74, 6) is 1.13. The molecule has 1 atom stereocenters. The molecule has 2 aliphatic rings. The van der Waals surface area contributed by atoms with E-state index >= 15 is 0 Å². The molecule has 0 N–H and O–H groups in total. The van der Waals surface area contributed by atoms with E-state index in [1.54, 1.807) is 12.0 Å². The zero-order valence-corrected chi connectivity index (χ0v) is 23.7. The highest BCUT2D eigenvalue weighted by Crippen LogP contribution is 2.46. The summed E-state index contributed by atoms with van der Waals surface area (Å²) in [5.41, 5.74) is 4.36. The molecule has 1 amide bonds. The monoisotopic (exact) mass is 521 g/mol. The van der Waals surface area contributed by atoms with E-state index in [-0.39, 0.29) is 11.4 Å². The highest BCUT2D eigenvalue weighted by atomic mass is 32.2. The predicted molar refractivity (Wildman–Crippen MR) is 155 cm³/mol. The summed E-state index contributed by atoms with van der Waals surface area (Å²) in [7, 11) is 1.70. The van der Waals surface area contributed by atoms with E-state index in [0.29, 0.717) is 35.7 Å². The molecule has 2 aromatic carbocycles. The van der Waals surface area contributed by atoms with Gasteiger partial charge in [0.1, 0.15) is 5.75 Å². The number of fused-ring (bicyclic) bond motifs is 1. The second-order valence-electron chi connectivity index (χ2n) is 10.2. The molecule has 1 unspecified atom stereocenters. The zero-order valence-electron chi connectivity index (χ0n) is 22.9. The van der Waals surface area contributed by atoms with Crippen LogP contribution < -0.4 is 9.64 Å². The SMILES string of the molecule is CCCN1c2cc(OC)c(/C=C3/SC(=Nc4ccccc4)N(CCOCC)C3=O)cc2C(C)CC1(C)C. The third kappa shape index (κ3) is 5.88. The van der Waals surface area contributed by atoms with Gasteiger partial charge in [0.25, 0.3) is 5.91 Å². The second-order valence-corrected chi connectivity index (χ2v) is 11.2. The first-order valence-electron chi connectivity index (χ1n) is 13.2. The van der Waals surface area contributed by atoms with E-state index in [4.69, 9.17) is 14.5 Å². The van der Waals surface area contributed by atoms with Crippen LogP contribution in [0.25, 0.3) is 6.08 Å². The van der Waals surface area contributed by atoms with Crippen LogP contribution in [0.3, 0.4) is 0 Å². The van der Waals surface area contributed by atoms with Gasteiger partial charge in [-0.25, -0.2) is 4.99 Å². The first kappa shape index (κ1) is 27.3. The Hall–Kier alpha value is -2.77. The molecule has 198 valence electrons. The van der Waals surface area contributed by atoms with Gasteiger partial charge in [-0.1, -0.05) is 32.0 Å². The molecule has 0 radical (unpaired) electrons. The Kier molecular flexibility index (Phi) is 8.65. The van der Waals surface area contributed by atoms with Crippen LogP contribution in [0.2, 0.25) is 0 Å². The van der Waals surface area contributed by atoms with Crippen molar-refractivity contribution in [1.82, 2.24) is 4.90 Å². The minimum atomic E-state index is -0.0547. The molecule has 1 fully saturated rings. The minimum absolute atomic E-state index is 0.0547. The van der Waals surface area contributed by atoms with E-state index in [9.17, 15) is 4.79 Å². The molecule has 0 spiro atoms. The maximum atomic E-state index is 13.5. The van der Waals surface area contributed by atoms with Gasteiger partial charge < -0.3 is 14.4 Å². The normalized spacial score (nSPS) is 21.1. The standard InChI is InChI=1S/C30H39N3O3S/c1-7-14-33-25-19-26(35-6)22(17-24(25)21(3)20-30(33,4)5)18-27-28(34)32(15-16-36-8-2)29(37-27)31-23-12-10-9-11-13-23/h9-13,17-19,21H,7-8,14-16,20H2,1-6H3/b27-18+,31-29?. The number of para-hydroxylation sites is 1. The van der Waals surface area contributed by atoms with E-state index < -0.39 is 0 Å². The van der Waals surface area contributed by atoms with Gasteiger partial charge in [0.2, 0.25) is 0 Å². The summed E-state index contributed by atoms with van der Waals surface area (Å²) in [4.78, 5) is 23.2. The lowest BCUT2D eigenvalue weighted by molar-refractivity contribution is -0.122. The van der Waals surface area contributed by atoms with Crippen molar-refractivity contribution in [3.63, 3.8) is 0 Å². The van der Waals surface area contributed by atoms with Crippen molar-refractivity contribution in [2.75, 3.05) is 38.3 Å². The summed E-state index contributed by atoms with van der Waals surface area (Å²) in [6.45, 7) is 13.6. The quantitative estimate of drug-likeness (QED) is 0.267. The Balaban J connectivity index is 1.73. The van der Waals surface area contributed by atoms with Gasteiger partial charge >= 0.3 is 0 Å². The van der Waals surface area contributed by atoms with Gasteiger partial charge in [0, 0.05) is 36.0 Å². The molecule has 6 nitrogen and oxygen atoms in total. The number of amides is 1. The van der Waals surface area contributed by atoms with Gasteiger partial charge in [-0.3, -0.25) is 9.69 Å². The van der Waals surface area contributed by atoms with Crippen LogP contribution in [0.5, 0.6) is 5.75 Å². The van der Waals surface area contributed by atoms with E-state index in [0.717, 1.165) is 36.4 Å². The number of carbonyl (C=O) groups is 1. The molecule has 7 heteroatoms. The Morgan fingerprint density at radius 3 is 2.59 bits per heavy atom. The molecule has 2 heterocycles. The summed E-state index contributed by atoms with van der Waals surface area (Å²) in [6, 6.07) is 14.1. The van der Waals surface area contributed by atoms with Crippen LogP contribution in [0.15, 0.2) is 52.4 Å². The molecule has 1 saturated heterocycles. The van der Waals surface area contributed by atoms with Crippen molar-refractivity contribution >= 4 is 40.3 Å². The van der Waals surface area contributed by atoms with Crippen molar-refractivity contribution in [2.24, 2.45) is 4.99 Å². The summed E-state index contributed by atoms with van der Waals surface area (Å²) < 4.78 is 11.4. The third-order valence-corrected chi connectivity index (χ3v) is 8.01. The number of benzene rings is 2. The van der Waals surface area contributed by atoms with Gasteiger partial charge in [0.15, 0.2) is 5.17 Å². The third-order valence-electron chi connectivity index (χ3n) is 7.00. The van der Waals surface area contributed by atoms with Crippen molar-refractivity contribution in [3.8, 4) is 5.75 Å². The molecule has 37 heavy (non-hydrogen) atoms. The topological polar surface area (TPSA) is 54.4 Å². The molecule has 2 aliphatic heterocycles. The molecule has 4 rings (SSSR count). The molecule has 2 aromatic rings. The van der Waals surface area contributed by atoms with Gasteiger partial charge in [0.05, 0.1) is 30.9 Å². The maximum absolute atomic E-state index is 13.5. The highest BCUT2D eigenvalue weighted by molar-refractivity contribution is 8.18. The number of rotatable bonds is 9. The number of hydrogen-bond acceptors (Lipinski definition) is 6. The lowest BCUT2D eigenvalue weighted by Gasteiger charge is -2.47. The average molecular weight is 522 g/mol. The summed E-state index contributed by atoms with van der Waals surface area (Å²) >= 11 is 1.41. The lowest BCUT2D eigenvalue weighted by atomic mass is 9.79. The molecule has 0 aliphatic carbocycles. The first-order chi connectivity index (χ1) is 17.8. The average Bonchev–Trinajstić information content (AvgIpc) is 3.15. The van der Waals surface area contributed by atoms with E-state index in [2.05, 4.69) is 44.7 Å². The Labute approximate surface area is 225 Å². The van der Waals surface area contributed by atoms with Crippen LogP contribution >= 0.6 is 11.8 Å². The number of nitrogens with zero attached hydrogens (tertiary/aromatic N) is 3. The van der Waals surface area contributed by atoms with Crippen molar-refractivity contribution in [1.29, 1.82) is 0 Å². The smallest absolute Gasteiger partial charge is 0.266 e. The Morgan fingerprint density at radius 1 is 1.16 bits per heavy atom. The van der Waals surface area contributed by atoms with Gasteiger partial charge in [-0.05, 0) is 81.1 Å². The lowest BCUT2D eigenvalue weighted by Crippen LogP contribution is -2.48. The fourth-order valence-electron chi connectivity index (χ4n) is 5.31. The fourth-order valence-corrected chi connectivity index (χ4v) is 6.32. The second kappa shape index (κ2) is 11.7. The zero-order chi connectivity index (χ0) is 26.6. The first-order valence-corrected chi connectivity index (χ1v) is 14.0. The van der Waals surface area contributed by atoms with E-state index in [1.165, 1.54) is 23.0 Å². The van der Waals surface area contributed by atoms with Crippen LogP contribution in [0.1, 0.15) is 64.5 Å². The molecule has 0 bridgehead atoms.